The minimum Gasteiger partial charge on any atom is -0.872 e. The van der Waals surface area contributed by atoms with Crippen molar-refractivity contribution in [2.45, 2.75) is 12.5 Å². The number of quaternary nitrogens is 1. The maximum atomic E-state index is 14.8. The average molecular weight is 442 g/mol. The van der Waals surface area contributed by atoms with Crippen molar-refractivity contribution >= 4 is 17.4 Å². The number of nitrogens with one attached hydrogen (secondary N) is 1. The first kappa shape index (κ1) is 23.3. The number of carbonyl (C=O) groups is 2. The van der Waals surface area contributed by atoms with Gasteiger partial charge < -0.3 is 24.4 Å². The van der Waals surface area contributed by atoms with Gasteiger partial charge in [-0.1, -0.05) is 30.0 Å². The van der Waals surface area contributed by atoms with Gasteiger partial charge in [0.2, 0.25) is 5.78 Å². The molecule has 2 aromatic rings. The first-order valence-electron chi connectivity index (χ1n) is 10.3. The molecule has 1 heterocycles. The van der Waals surface area contributed by atoms with E-state index in [2.05, 4.69) is 0 Å². The predicted octanol–water partition coefficient (Wildman–Crippen LogP) is 0.602. The van der Waals surface area contributed by atoms with Gasteiger partial charge in [0.25, 0.3) is 5.91 Å². The van der Waals surface area contributed by atoms with Crippen molar-refractivity contribution in [2.24, 2.45) is 0 Å². The van der Waals surface area contributed by atoms with Crippen LogP contribution >= 0.6 is 0 Å². The lowest BCUT2D eigenvalue weighted by Crippen LogP contribution is -3.05. The number of benzene rings is 2. The molecule has 1 aliphatic heterocycles. The highest BCUT2D eigenvalue weighted by Gasteiger charge is 2.44. The summed E-state index contributed by atoms with van der Waals surface area (Å²) in [4.78, 5) is 28.3. The Hall–Kier alpha value is -3.39. The van der Waals surface area contributed by atoms with Crippen molar-refractivity contribution < 1.29 is 33.5 Å². The molecular formula is C24H27FN2O5. The third-order valence-electron chi connectivity index (χ3n) is 5.45. The van der Waals surface area contributed by atoms with E-state index >= 15 is 0 Å². The fourth-order valence-corrected chi connectivity index (χ4v) is 3.86. The van der Waals surface area contributed by atoms with Crippen LogP contribution in [0.1, 0.15) is 23.6 Å². The van der Waals surface area contributed by atoms with Gasteiger partial charge in [0.1, 0.15) is 5.82 Å². The molecule has 32 heavy (non-hydrogen) atoms. The van der Waals surface area contributed by atoms with E-state index < -0.39 is 29.3 Å². The molecule has 0 aliphatic carbocycles. The first-order chi connectivity index (χ1) is 15.3. The fraction of sp³-hybridized carbons (Fsp3) is 0.333. The molecular weight excluding hydrogens is 415 g/mol. The minimum atomic E-state index is -1.09. The number of Topliss-reactive ketones (excluding diaryl/α,β-unsaturated/α-hetero) is 1. The van der Waals surface area contributed by atoms with Gasteiger partial charge in [-0.25, -0.2) is 4.39 Å². The molecule has 3 rings (SSSR count). The van der Waals surface area contributed by atoms with E-state index in [-0.39, 0.29) is 23.2 Å². The van der Waals surface area contributed by atoms with Crippen LogP contribution in [0.25, 0.3) is 5.76 Å². The maximum absolute atomic E-state index is 14.8. The van der Waals surface area contributed by atoms with Crippen LogP contribution in [0, 0.1) is 5.82 Å². The molecule has 0 radical (unpaired) electrons. The van der Waals surface area contributed by atoms with Crippen LogP contribution in [0.2, 0.25) is 0 Å². The molecule has 0 aromatic heterocycles. The zero-order chi connectivity index (χ0) is 23.4. The summed E-state index contributed by atoms with van der Waals surface area (Å²) in [6.45, 7) is 0.985. The Morgan fingerprint density at radius 1 is 1.09 bits per heavy atom. The number of hydrogen-bond donors (Lipinski definition) is 1. The van der Waals surface area contributed by atoms with Crippen molar-refractivity contribution in [3.05, 3.63) is 65.0 Å². The molecule has 1 N–H and O–H groups in total. The third kappa shape index (κ3) is 4.45. The lowest BCUT2D eigenvalue weighted by atomic mass is 9.94. The maximum Gasteiger partial charge on any atom is 0.295 e. The van der Waals surface area contributed by atoms with Gasteiger partial charge in [-0.15, -0.1) is 0 Å². The molecule has 7 nitrogen and oxygen atoms in total. The Labute approximate surface area is 186 Å². The summed E-state index contributed by atoms with van der Waals surface area (Å²) >= 11 is 0. The van der Waals surface area contributed by atoms with Crippen LogP contribution in [-0.4, -0.2) is 58.0 Å². The summed E-state index contributed by atoms with van der Waals surface area (Å²) in [5.74, 6) is -2.20. The van der Waals surface area contributed by atoms with Gasteiger partial charge >= 0.3 is 0 Å². The Balaban J connectivity index is 2.14. The van der Waals surface area contributed by atoms with Crippen molar-refractivity contribution in [3.8, 4) is 11.5 Å². The number of ether oxygens (including phenoxy) is 2. The third-order valence-corrected chi connectivity index (χ3v) is 5.45. The number of likely N-dealkylation sites (tertiary alicyclic amines) is 1. The molecule has 0 bridgehead atoms. The molecule has 170 valence electrons. The normalized spacial score (nSPS) is 17.8. The first-order valence-corrected chi connectivity index (χ1v) is 10.3. The SMILES string of the molecule is COc1ccc(C([O-])=C2C(=O)C(=O)N(CCC[NH+](C)C)C2c2ccccc2F)cc1OC. The van der Waals surface area contributed by atoms with Gasteiger partial charge in [0.05, 0.1) is 40.9 Å². The molecule has 8 heteroatoms. The van der Waals surface area contributed by atoms with Crippen LogP contribution < -0.4 is 19.5 Å². The quantitative estimate of drug-likeness (QED) is 0.368. The predicted molar refractivity (Wildman–Crippen MR) is 115 cm³/mol. The topological polar surface area (TPSA) is 83.3 Å². The molecule has 1 unspecified atom stereocenters. The lowest BCUT2D eigenvalue weighted by Gasteiger charge is -2.28. The van der Waals surface area contributed by atoms with Crippen LogP contribution in [0.5, 0.6) is 11.5 Å². The summed E-state index contributed by atoms with van der Waals surface area (Å²) in [6.07, 6.45) is 0.601. The molecule has 1 fully saturated rings. The highest BCUT2D eigenvalue weighted by molar-refractivity contribution is 6.46. The van der Waals surface area contributed by atoms with E-state index in [9.17, 15) is 19.1 Å². The standard InChI is InChI=1S/C24H27FN2O5/c1-26(2)12-7-13-27-21(16-8-5-6-9-17(16)25)20(23(29)24(27)30)22(28)15-10-11-18(31-3)19(14-15)32-4/h5-6,8-11,14,21,28H,7,12-13H2,1-4H3. The van der Waals surface area contributed by atoms with Gasteiger partial charge in [0.15, 0.2) is 11.5 Å². The van der Waals surface area contributed by atoms with Crippen LogP contribution in [0.15, 0.2) is 48.0 Å². The summed E-state index contributed by atoms with van der Waals surface area (Å²) in [6, 6.07) is 9.28. The second kappa shape index (κ2) is 9.82. The molecule has 1 amide bonds. The second-order valence-corrected chi connectivity index (χ2v) is 7.87. The van der Waals surface area contributed by atoms with Crippen molar-refractivity contribution in [2.75, 3.05) is 41.4 Å². The number of rotatable bonds is 8. The van der Waals surface area contributed by atoms with Crippen LogP contribution in [-0.2, 0) is 9.59 Å². The number of carbonyl (C=O) groups excluding carboxylic acids is 2. The Morgan fingerprint density at radius 2 is 1.78 bits per heavy atom. The van der Waals surface area contributed by atoms with Gasteiger partial charge in [0, 0.05) is 24.1 Å². The van der Waals surface area contributed by atoms with Gasteiger partial charge in [-0.2, -0.15) is 0 Å². The zero-order valence-corrected chi connectivity index (χ0v) is 18.6. The summed E-state index contributed by atoms with van der Waals surface area (Å²) in [5.41, 5.74) is 0.0111. The van der Waals surface area contributed by atoms with E-state index in [1.165, 1.54) is 54.4 Å². The molecule has 1 saturated heterocycles. The highest BCUT2D eigenvalue weighted by atomic mass is 19.1. The minimum absolute atomic E-state index is 0.118. The molecule has 1 atom stereocenters. The average Bonchev–Trinajstić information content (AvgIpc) is 3.03. The largest absolute Gasteiger partial charge is 0.872 e. The number of ketones is 1. The molecule has 1 aliphatic rings. The van der Waals surface area contributed by atoms with E-state index in [0.717, 1.165) is 6.54 Å². The number of hydrogen-bond acceptors (Lipinski definition) is 5. The van der Waals surface area contributed by atoms with Crippen molar-refractivity contribution in [3.63, 3.8) is 0 Å². The summed E-state index contributed by atoms with van der Waals surface area (Å²) in [7, 11) is 6.85. The Bertz CT molecular complexity index is 1050. The summed E-state index contributed by atoms with van der Waals surface area (Å²) in [5, 5.41) is 13.4. The van der Waals surface area contributed by atoms with Crippen molar-refractivity contribution in [1.29, 1.82) is 0 Å². The van der Waals surface area contributed by atoms with Crippen molar-refractivity contribution in [1.82, 2.24) is 4.90 Å². The molecule has 2 aromatic carbocycles. The smallest absolute Gasteiger partial charge is 0.295 e. The zero-order valence-electron chi connectivity index (χ0n) is 18.6. The fourth-order valence-electron chi connectivity index (χ4n) is 3.86. The van der Waals surface area contributed by atoms with E-state index in [1.54, 1.807) is 12.1 Å². The van der Waals surface area contributed by atoms with Crippen LogP contribution in [0.3, 0.4) is 0 Å². The molecule has 0 saturated carbocycles. The van der Waals surface area contributed by atoms with Gasteiger partial charge in [-0.05, 0) is 23.8 Å². The monoisotopic (exact) mass is 442 g/mol. The summed E-state index contributed by atoms with van der Waals surface area (Å²) < 4.78 is 25.2. The Kier molecular flexibility index (Phi) is 7.15. The number of halogens is 1. The van der Waals surface area contributed by atoms with E-state index in [0.29, 0.717) is 17.9 Å². The van der Waals surface area contributed by atoms with Gasteiger partial charge in [-0.3, -0.25) is 9.59 Å². The molecule has 0 spiro atoms. The Morgan fingerprint density at radius 3 is 2.41 bits per heavy atom. The van der Waals surface area contributed by atoms with E-state index in [4.69, 9.17) is 9.47 Å². The van der Waals surface area contributed by atoms with E-state index in [1.807, 2.05) is 14.1 Å². The lowest BCUT2D eigenvalue weighted by molar-refractivity contribution is -0.858. The number of amides is 1. The number of nitrogens with zero attached hydrogens (tertiary/aromatic N) is 1. The van der Waals surface area contributed by atoms with Crippen LogP contribution in [0.4, 0.5) is 4.39 Å². The second-order valence-electron chi connectivity index (χ2n) is 7.87. The number of methoxy groups -OCH3 is 2. The highest BCUT2D eigenvalue weighted by Crippen LogP contribution is 2.40.